The van der Waals surface area contributed by atoms with Gasteiger partial charge in [-0.25, -0.2) is 13.1 Å². The zero-order valence-electron chi connectivity index (χ0n) is 13.3. The smallest absolute Gasteiger partial charge is 0.252 e. The maximum Gasteiger partial charge on any atom is 0.252 e. The number of thiophene rings is 1. The summed E-state index contributed by atoms with van der Waals surface area (Å²) >= 11 is 6.95. The Hall–Kier alpha value is -1.07. The molecule has 0 spiro atoms. The molecule has 11 heteroatoms. The van der Waals surface area contributed by atoms with Crippen LogP contribution in [0.4, 0.5) is 0 Å². The number of hydrogen-bond donors (Lipinski definition) is 0. The summed E-state index contributed by atoms with van der Waals surface area (Å²) in [6.45, 7) is 5.70. The molecule has 0 atom stereocenters. The number of aryl methyl sites for hydroxylation is 1. The predicted molar refractivity (Wildman–Crippen MR) is 91.5 cm³/mol. The molecule has 24 heavy (non-hydrogen) atoms. The zero-order valence-corrected chi connectivity index (χ0v) is 15.7. The molecular formula is C13H19ClN6O2S2. The Morgan fingerprint density at radius 1 is 1.25 bits per heavy atom. The Morgan fingerprint density at radius 2 is 2.00 bits per heavy atom. The summed E-state index contributed by atoms with van der Waals surface area (Å²) in [7, 11) is -3.45. The second-order valence-corrected chi connectivity index (χ2v) is 9.44. The molecule has 1 fully saturated rings. The van der Waals surface area contributed by atoms with E-state index in [-0.39, 0.29) is 0 Å². The van der Waals surface area contributed by atoms with Gasteiger partial charge >= 0.3 is 0 Å². The van der Waals surface area contributed by atoms with Gasteiger partial charge in [0.1, 0.15) is 4.21 Å². The third-order valence-corrected chi connectivity index (χ3v) is 7.48. The quantitative estimate of drug-likeness (QED) is 0.739. The average Bonchev–Trinajstić information content (AvgIpc) is 3.18. The summed E-state index contributed by atoms with van der Waals surface area (Å²) in [5.74, 6) is 0.818. The van der Waals surface area contributed by atoms with Gasteiger partial charge < -0.3 is 0 Å². The molecule has 1 aliphatic rings. The van der Waals surface area contributed by atoms with Crippen molar-refractivity contribution >= 4 is 33.0 Å². The number of piperazine rings is 1. The third kappa shape index (κ3) is 3.77. The second-order valence-electron chi connectivity index (χ2n) is 5.56. The molecule has 2 aromatic heterocycles. The molecule has 0 bridgehead atoms. The third-order valence-electron chi connectivity index (χ3n) is 3.88. The van der Waals surface area contributed by atoms with Crippen LogP contribution in [0.5, 0.6) is 0 Å². The van der Waals surface area contributed by atoms with E-state index in [1.54, 1.807) is 16.8 Å². The van der Waals surface area contributed by atoms with Crippen molar-refractivity contribution in [3.05, 3.63) is 22.3 Å². The molecule has 0 radical (unpaired) electrons. The monoisotopic (exact) mass is 390 g/mol. The normalized spacial score (nSPS) is 17.4. The first kappa shape index (κ1) is 17.7. The van der Waals surface area contributed by atoms with E-state index in [1.165, 1.54) is 4.31 Å². The Bertz CT molecular complexity index is 782. The number of hydrogen-bond acceptors (Lipinski definition) is 7. The van der Waals surface area contributed by atoms with Crippen LogP contribution >= 0.6 is 22.9 Å². The molecule has 0 unspecified atom stereocenters. The standard InChI is InChI=1S/C13H19ClN6O2S2/c1-2-5-20-12(15-16-17-20)10-18-6-8-19(9-7-18)24(21,22)13-4-3-11(14)23-13/h3-4H,2,5-10H2,1H3. The van der Waals surface area contributed by atoms with Crippen LogP contribution in [-0.4, -0.2) is 64.0 Å². The molecule has 0 aliphatic carbocycles. The van der Waals surface area contributed by atoms with Gasteiger partial charge in [-0.2, -0.15) is 4.31 Å². The van der Waals surface area contributed by atoms with Crippen molar-refractivity contribution in [2.24, 2.45) is 0 Å². The number of tetrazole rings is 1. The van der Waals surface area contributed by atoms with E-state index in [2.05, 4.69) is 27.3 Å². The minimum absolute atomic E-state index is 0.299. The van der Waals surface area contributed by atoms with E-state index in [0.29, 0.717) is 41.3 Å². The van der Waals surface area contributed by atoms with Crippen LogP contribution in [0.15, 0.2) is 16.3 Å². The molecule has 1 aliphatic heterocycles. The Morgan fingerprint density at radius 3 is 2.62 bits per heavy atom. The minimum atomic E-state index is -3.45. The summed E-state index contributed by atoms with van der Waals surface area (Å²) in [5, 5.41) is 11.8. The molecular weight excluding hydrogens is 372 g/mol. The number of nitrogens with zero attached hydrogens (tertiary/aromatic N) is 6. The maximum atomic E-state index is 12.6. The second kappa shape index (κ2) is 7.44. The number of sulfonamides is 1. The molecule has 0 saturated carbocycles. The minimum Gasteiger partial charge on any atom is -0.293 e. The Balaban J connectivity index is 1.60. The largest absolute Gasteiger partial charge is 0.293 e. The summed E-state index contributed by atoms with van der Waals surface area (Å²) < 4.78 is 29.3. The SMILES string of the molecule is CCCn1nnnc1CN1CCN(S(=O)(=O)c2ccc(Cl)s2)CC1. The average molecular weight is 391 g/mol. The van der Waals surface area contributed by atoms with Crippen molar-refractivity contribution in [1.29, 1.82) is 0 Å². The van der Waals surface area contributed by atoms with Gasteiger partial charge in [-0.3, -0.25) is 4.90 Å². The maximum absolute atomic E-state index is 12.6. The first-order valence-electron chi connectivity index (χ1n) is 7.73. The van der Waals surface area contributed by atoms with Crippen LogP contribution in [0, 0.1) is 0 Å². The van der Waals surface area contributed by atoms with Gasteiger partial charge in [-0.05, 0) is 29.0 Å². The van der Waals surface area contributed by atoms with Gasteiger partial charge in [0.25, 0.3) is 10.0 Å². The number of rotatable bonds is 6. The lowest BCUT2D eigenvalue weighted by Crippen LogP contribution is -2.48. The van der Waals surface area contributed by atoms with Crippen molar-refractivity contribution < 1.29 is 8.42 Å². The fraction of sp³-hybridized carbons (Fsp3) is 0.615. The molecule has 0 aromatic carbocycles. The van der Waals surface area contributed by atoms with E-state index in [1.807, 2.05) is 0 Å². The van der Waals surface area contributed by atoms with E-state index in [4.69, 9.17) is 11.6 Å². The summed E-state index contributed by atoms with van der Waals surface area (Å²) in [5.41, 5.74) is 0. The van der Waals surface area contributed by atoms with Crippen molar-refractivity contribution in [1.82, 2.24) is 29.4 Å². The van der Waals surface area contributed by atoms with Gasteiger partial charge in [0, 0.05) is 32.7 Å². The van der Waals surface area contributed by atoms with Crippen molar-refractivity contribution in [2.75, 3.05) is 26.2 Å². The van der Waals surface area contributed by atoms with E-state index < -0.39 is 10.0 Å². The first-order valence-corrected chi connectivity index (χ1v) is 10.4. The van der Waals surface area contributed by atoms with E-state index in [0.717, 1.165) is 30.1 Å². The number of aromatic nitrogens is 4. The van der Waals surface area contributed by atoms with Crippen LogP contribution < -0.4 is 0 Å². The highest BCUT2D eigenvalue weighted by atomic mass is 35.5. The zero-order chi connectivity index (χ0) is 17.2. The van der Waals surface area contributed by atoms with Crippen LogP contribution in [-0.2, 0) is 23.1 Å². The summed E-state index contributed by atoms with van der Waals surface area (Å²) in [4.78, 5) is 2.17. The molecule has 1 saturated heterocycles. The lowest BCUT2D eigenvalue weighted by Gasteiger charge is -2.33. The van der Waals surface area contributed by atoms with Crippen molar-refractivity contribution in [2.45, 2.75) is 30.6 Å². The topological polar surface area (TPSA) is 84.2 Å². The molecule has 3 rings (SSSR count). The van der Waals surface area contributed by atoms with Crippen LogP contribution in [0.25, 0.3) is 0 Å². The van der Waals surface area contributed by atoms with E-state index in [9.17, 15) is 8.42 Å². The summed E-state index contributed by atoms with van der Waals surface area (Å²) in [6.07, 6.45) is 0.966. The lowest BCUT2D eigenvalue weighted by molar-refractivity contribution is 0.175. The van der Waals surface area contributed by atoms with Gasteiger partial charge in [-0.15, -0.1) is 16.4 Å². The van der Waals surface area contributed by atoms with Gasteiger partial charge in [0.15, 0.2) is 5.82 Å². The molecule has 132 valence electrons. The fourth-order valence-corrected chi connectivity index (χ4v) is 5.67. The van der Waals surface area contributed by atoms with E-state index >= 15 is 0 Å². The Kier molecular flexibility index (Phi) is 5.50. The van der Waals surface area contributed by atoms with Gasteiger partial charge in [-0.1, -0.05) is 18.5 Å². The van der Waals surface area contributed by atoms with Crippen molar-refractivity contribution in [3.8, 4) is 0 Å². The molecule has 0 N–H and O–H groups in total. The highest BCUT2D eigenvalue weighted by molar-refractivity contribution is 7.91. The highest BCUT2D eigenvalue weighted by Gasteiger charge is 2.30. The number of halogens is 1. The molecule has 2 aromatic rings. The van der Waals surface area contributed by atoms with Crippen molar-refractivity contribution in [3.63, 3.8) is 0 Å². The van der Waals surface area contributed by atoms with Crippen LogP contribution in [0.1, 0.15) is 19.2 Å². The summed E-state index contributed by atoms with van der Waals surface area (Å²) in [6, 6.07) is 3.18. The highest BCUT2D eigenvalue weighted by Crippen LogP contribution is 2.28. The van der Waals surface area contributed by atoms with Crippen LogP contribution in [0.2, 0.25) is 4.34 Å². The predicted octanol–water partition coefficient (Wildman–Crippen LogP) is 1.30. The first-order chi connectivity index (χ1) is 11.5. The molecule has 0 amide bonds. The van der Waals surface area contributed by atoms with Crippen LogP contribution in [0.3, 0.4) is 0 Å². The lowest BCUT2D eigenvalue weighted by atomic mass is 10.3. The molecule has 3 heterocycles. The fourth-order valence-electron chi connectivity index (χ4n) is 2.61. The van der Waals surface area contributed by atoms with Gasteiger partial charge in [0.2, 0.25) is 0 Å². The molecule has 8 nitrogen and oxygen atoms in total. The van der Waals surface area contributed by atoms with Gasteiger partial charge in [0.05, 0.1) is 10.9 Å². The Labute approximate surface area is 150 Å².